The number of anilines is 1. The third-order valence-corrected chi connectivity index (χ3v) is 4.35. The van der Waals surface area contributed by atoms with Crippen molar-refractivity contribution in [2.24, 2.45) is 0 Å². The molecule has 0 aliphatic heterocycles. The Balaban J connectivity index is 2.08. The molecule has 1 aromatic carbocycles. The monoisotopic (exact) mass is 302 g/mol. The lowest BCUT2D eigenvalue weighted by Gasteiger charge is -2.06. The minimum absolute atomic E-state index is 0.00138. The standard InChI is InChI=1S/C14H14N4O2S/c1-2-21(19,20)17-14-10-15-13-9-8-12(16-18(13)14)11-6-4-3-5-7-11/h3-10,17H,2H2,1H3. The van der Waals surface area contributed by atoms with Crippen LogP contribution in [0.4, 0.5) is 5.82 Å². The van der Waals surface area contributed by atoms with Gasteiger partial charge in [-0.05, 0) is 19.1 Å². The first-order valence-electron chi connectivity index (χ1n) is 6.50. The molecule has 0 aliphatic rings. The van der Waals surface area contributed by atoms with Crippen LogP contribution < -0.4 is 4.72 Å². The van der Waals surface area contributed by atoms with Gasteiger partial charge in [0.25, 0.3) is 0 Å². The molecule has 108 valence electrons. The van der Waals surface area contributed by atoms with Gasteiger partial charge < -0.3 is 0 Å². The Morgan fingerprint density at radius 2 is 1.90 bits per heavy atom. The molecule has 21 heavy (non-hydrogen) atoms. The van der Waals surface area contributed by atoms with Crippen molar-refractivity contribution in [2.75, 3.05) is 10.5 Å². The highest BCUT2D eigenvalue weighted by molar-refractivity contribution is 7.92. The van der Waals surface area contributed by atoms with Crippen LogP contribution >= 0.6 is 0 Å². The molecular formula is C14H14N4O2S. The number of hydrogen-bond donors (Lipinski definition) is 1. The molecule has 3 rings (SSSR count). The Kier molecular flexibility index (Phi) is 3.34. The average molecular weight is 302 g/mol. The van der Waals surface area contributed by atoms with Gasteiger partial charge in [0.05, 0.1) is 17.6 Å². The first-order chi connectivity index (χ1) is 10.1. The van der Waals surface area contributed by atoms with Gasteiger partial charge in [-0.2, -0.15) is 9.61 Å². The van der Waals surface area contributed by atoms with Crippen LogP contribution in [-0.4, -0.2) is 28.8 Å². The number of sulfonamides is 1. The van der Waals surface area contributed by atoms with Crippen molar-refractivity contribution in [1.82, 2.24) is 14.6 Å². The van der Waals surface area contributed by atoms with E-state index >= 15 is 0 Å². The van der Waals surface area contributed by atoms with E-state index in [0.717, 1.165) is 11.3 Å². The van der Waals surface area contributed by atoms with Crippen LogP contribution in [-0.2, 0) is 10.0 Å². The van der Waals surface area contributed by atoms with Crippen molar-refractivity contribution in [1.29, 1.82) is 0 Å². The smallest absolute Gasteiger partial charge is 0.233 e. The summed E-state index contributed by atoms with van der Waals surface area (Å²) in [7, 11) is -3.36. The highest BCUT2D eigenvalue weighted by atomic mass is 32.2. The molecule has 2 heterocycles. The molecule has 0 aliphatic carbocycles. The first kappa shape index (κ1) is 13.6. The molecule has 0 saturated heterocycles. The number of imidazole rings is 1. The predicted molar refractivity (Wildman–Crippen MR) is 81.5 cm³/mol. The van der Waals surface area contributed by atoms with Crippen LogP contribution in [0.2, 0.25) is 0 Å². The third kappa shape index (κ3) is 2.73. The fourth-order valence-corrected chi connectivity index (χ4v) is 2.54. The van der Waals surface area contributed by atoms with Crippen molar-refractivity contribution in [3.05, 3.63) is 48.7 Å². The molecule has 2 aromatic heterocycles. The second-order valence-electron chi connectivity index (χ2n) is 4.50. The molecule has 6 nitrogen and oxygen atoms in total. The quantitative estimate of drug-likeness (QED) is 0.801. The number of benzene rings is 1. The summed E-state index contributed by atoms with van der Waals surface area (Å²) in [6, 6.07) is 13.3. The van der Waals surface area contributed by atoms with Gasteiger partial charge in [-0.25, -0.2) is 13.4 Å². The van der Waals surface area contributed by atoms with Gasteiger partial charge in [0.15, 0.2) is 11.5 Å². The van der Waals surface area contributed by atoms with Crippen LogP contribution in [0.15, 0.2) is 48.7 Å². The summed E-state index contributed by atoms with van der Waals surface area (Å²) in [6.07, 6.45) is 1.46. The van der Waals surface area contributed by atoms with E-state index in [4.69, 9.17) is 0 Å². The molecule has 0 fully saturated rings. The maximum atomic E-state index is 11.7. The summed E-state index contributed by atoms with van der Waals surface area (Å²) in [5, 5.41) is 4.45. The Labute approximate surface area is 122 Å². The van der Waals surface area contributed by atoms with E-state index in [-0.39, 0.29) is 5.75 Å². The summed E-state index contributed by atoms with van der Waals surface area (Å²) in [5.74, 6) is 0.336. The van der Waals surface area contributed by atoms with Crippen molar-refractivity contribution in [3.8, 4) is 11.3 Å². The maximum Gasteiger partial charge on any atom is 0.233 e. The summed E-state index contributed by atoms with van der Waals surface area (Å²) in [6.45, 7) is 1.58. The topological polar surface area (TPSA) is 76.4 Å². The first-order valence-corrected chi connectivity index (χ1v) is 8.15. The van der Waals surface area contributed by atoms with Crippen LogP contribution in [0.5, 0.6) is 0 Å². The molecular weight excluding hydrogens is 288 g/mol. The van der Waals surface area contributed by atoms with E-state index in [0.29, 0.717) is 11.5 Å². The summed E-state index contributed by atoms with van der Waals surface area (Å²) < 4.78 is 27.3. The van der Waals surface area contributed by atoms with E-state index in [1.807, 2.05) is 36.4 Å². The van der Waals surface area contributed by atoms with Crippen LogP contribution in [0.3, 0.4) is 0 Å². The summed E-state index contributed by atoms with van der Waals surface area (Å²) in [4.78, 5) is 4.15. The van der Waals surface area contributed by atoms with E-state index in [9.17, 15) is 8.42 Å². The second-order valence-corrected chi connectivity index (χ2v) is 6.51. The van der Waals surface area contributed by atoms with E-state index < -0.39 is 10.0 Å². The van der Waals surface area contributed by atoms with Gasteiger partial charge in [0.1, 0.15) is 0 Å². The number of rotatable bonds is 4. The molecule has 0 atom stereocenters. The predicted octanol–water partition coefficient (Wildman–Crippen LogP) is 2.16. The van der Waals surface area contributed by atoms with Crippen molar-refractivity contribution in [3.63, 3.8) is 0 Å². The zero-order chi connectivity index (χ0) is 14.9. The zero-order valence-corrected chi connectivity index (χ0v) is 12.2. The Morgan fingerprint density at radius 1 is 1.14 bits per heavy atom. The fraction of sp³-hybridized carbons (Fsp3) is 0.143. The number of nitrogens with one attached hydrogen (secondary N) is 1. The average Bonchev–Trinajstić information content (AvgIpc) is 2.90. The van der Waals surface area contributed by atoms with Gasteiger partial charge in [-0.3, -0.25) is 4.72 Å². The van der Waals surface area contributed by atoms with Crippen LogP contribution in [0.1, 0.15) is 6.92 Å². The zero-order valence-electron chi connectivity index (χ0n) is 11.4. The number of hydrogen-bond acceptors (Lipinski definition) is 4. The van der Waals surface area contributed by atoms with Gasteiger partial charge in [0.2, 0.25) is 10.0 Å². The maximum absolute atomic E-state index is 11.7. The molecule has 0 radical (unpaired) electrons. The largest absolute Gasteiger partial charge is 0.266 e. The minimum Gasteiger partial charge on any atom is -0.266 e. The Hall–Kier alpha value is -2.41. The Morgan fingerprint density at radius 3 is 2.62 bits per heavy atom. The lowest BCUT2D eigenvalue weighted by atomic mass is 10.1. The van der Waals surface area contributed by atoms with Crippen molar-refractivity contribution < 1.29 is 8.42 Å². The molecule has 1 N–H and O–H groups in total. The van der Waals surface area contributed by atoms with Crippen LogP contribution in [0.25, 0.3) is 16.9 Å². The molecule has 3 aromatic rings. The number of aromatic nitrogens is 3. The molecule has 0 spiro atoms. The van der Waals surface area contributed by atoms with Gasteiger partial charge in [0, 0.05) is 5.56 Å². The molecule has 0 amide bonds. The van der Waals surface area contributed by atoms with E-state index in [2.05, 4.69) is 14.8 Å². The van der Waals surface area contributed by atoms with E-state index in [1.54, 1.807) is 13.0 Å². The van der Waals surface area contributed by atoms with Gasteiger partial charge in [-0.1, -0.05) is 30.3 Å². The van der Waals surface area contributed by atoms with Gasteiger partial charge in [-0.15, -0.1) is 0 Å². The molecule has 0 unspecified atom stereocenters. The van der Waals surface area contributed by atoms with E-state index in [1.165, 1.54) is 10.7 Å². The second kappa shape index (κ2) is 5.17. The number of fused-ring (bicyclic) bond motifs is 1. The molecule has 0 bridgehead atoms. The van der Waals surface area contributed by atoms with Crippen molar-refractivity contribution >= 4 is 21.5 Å². The molecule has 0 saturated carbocycles. The van der Waals surface area contributed by atoms with Crippen LogP contribution in [0, 0.1) is 0 Å². The highest BCUT2D eigenvalue weighted by Crippen LogP contribution is 2.19. The lowest BCUT2D eigenvalue weighted by molar-refractivity contribution is 0.602. The SMILES string of the molecule is CCS(=O)(=O)Nc1cnc2ccc(-c3ccccc3)nn12. The van der Waals surface area contributed by atoms with Crippen molar-refractivity contribution in [2.45, 2.75) is 6.92 Å². The Bertz CT molecular complexity index is 872. The summed E-state index contributed by atoms with van der Waals surface area (Å²) >= 11 is 0. The summed E-state index contributed by atoms with van der Waals surface area (Å²) in [5.41, 5.74) is 2.29. The third-order valence-electron chi connectivity index (χ3n) is 3.07. The highest BCUT2D eigenvalue weighted by Gasteiger charge is 2.12. The normalized spacial score (nSPS) is 11.7. The molecule has 7 heteroatoms. The minimum atomic E-state index is -3.36. The fourth-order valence-electron chi connectivity index (χ4n) is 1.94. The number of nitrogens with zero attached hydrogens (tertiary/aromatic N) is 3. The van der Waals surface area contributed by atoms with Gasteiger partial charge >= 0.3 is 0 Å². The lowest BCUT2D eigenvalue weighted by Crippen LogP contribution is -2.16.